The second-order valence-electron chi connectivity index (χ2n) is 6.79. The molecule has 0 radical (unpaired) electrons. The van der Waals surface area contributed by atoms with Crippen LogP contribution in [0.25, 0.3) is 16.7 Å². The molecule has 0 unspecified atom stereocenters. The quantitative estimate of drug-likeness (QED) is 0.467. The summed E-state index contributed by atoms with van der Waals surface area (Å²) >= 11 is 0. The summed E-state index contributed by atoms with van der Waals surface area (Å²) in [4.78, 5) is 24.7. The van der Waals surface area contributed by atoms with Crippen molar-refractivity contribution in [1.82, 2.24) is 9.78 Å². The Morgan fingerprint density at radius 2 is 2.00 bits per heavy atom. The third kappa shape index (κ3) is 4.00. The van der Waals surface area contributed by atoms with Gasteiger partial charge in [0.1, 0.15) is 11.3 Å². The molecule has 1 amide bonds. The molecule has 0 spiro atoms. The fourth-order valence-electron chi connectivity index (χ4n) is 3.24. The van der Waals surface area contributed by atoms with E-state index >= 15 is 0 Å². The van der Waals surface area contributed by atoms with Crippen LogP contribution in [0, 0.1) is 6.92 Å². The molecule has 158 valence electrons. The molecule has 4 aromatic rings. The SMILES string of the molecule is CCOC(=O)c1ccn(-c2cccc(NC(=O)c3oc4ccc(OC)cc4c3C)c2)n1. The predicted molar refractivity (Wildman–Crippen MR) is 115 cm³/mol. The van der Waals surface area contributed by atoms with Gasteiger partial charge in [-0.1, -0.05) is 6.07 Å². The van der Waals surface area contributed by atoms with Gasteiger partial charge in [0, 0.05) is 22.8 Å². The first-order valence-corrected chi connectivity index (χ1v) is 9.72. The highest BCUT2D eigenvalue weighted by molar-refractivity contribution is 6.06. The van der Waals surface area contributed by atoms with Gasteiger partial charge < -0.3 is 19.2 Å². The number of hydrogen-bond acceptors (Lipinski definition) is 6. The van der Waals surface area contributed by atoms with E-state index in [0.29, 0.717) is 22.7 Å². The summed E-state index contributed by atoms with van der Waals surface area (Å²) in [5.74, 6) is 0.0787. The molecule has 0 aliphatic rings. The molecule has 0 aliphatic heterocycles. The topological polar surface area (TPSA) is 95.6 Å². The smallest absolute Gasteiger partial charge is 0.358 e. The van der Waals surface area contributed by atoms with Gasteiger partial charge in [-0.05, 0) is 56.3 Å². The summed E-state index contributed by atoms with van der Waals surface area (Å²) in [6.07, 6.45) is 1.66. The van der Waals surface area contributed by atoms with Crippen molar-refractivity contribution >= 4 is 28.5 Å². The second-order valence-corrected chi connectivity index (χ2v) is 6.79. The Morgan fingerprint density at radius 3 is 2.77 bits per heavy atom. The first kappa shape index (κ1) is 20.2. The molecule has 31 heavy (non-hydrogen) atoms. The van der Waals surface area contributed by atoms with E-state index in [1.165, 1.54) is 0 Å². The van der Waals surface area contributed by atoms with E-state index in [-0.39, 0.29) is 24.0 Å². The number of fused-ring (bicyclic) bond motifs is 1. The summed E-state index contributed by atoms with van der Waals surface area (Å²) in [6.45, 7) is 3.85. The van der Waals surface area contributed by atoms with Crippen LogP contribution < -0.4 is 10.1 Å². The van der Waals surface area contributed by atoms with Crippen LogP contribution in [0.2, 0.25) is 0 Å². The largest absolute Gasteiger partial charge is 0.497 e. The third-order valence-corrected chi connectivity index (χ3v) is 4.79. The minimum Gasteiger partial charge on any atom is -0.497 e. The molecule has 2 aromatic heterocycles. The number of amides is 1. The highest BCUT2D eigenvalue weighted by Crippen LogP contribution is 2.29. The van der Waals surface area contributed by atoms with E-state index in [1.807, 2.05) is 19.1 Å². The van der Waals surface area contributed by atoms with E-state index in [0.717, 1.165) is 10.9 Å². The first-order chi connectivity index (χ1) is 15.0. The number of methoxy groups -OCH3 is 1. The monoisotopic (exact) mass is 419 g/mol. The molecule has 8 heteroatoms. The zero-order valence-electron chi connectivity index (χ0n) is 17.3. The van der Waals surface area contributed by atoms with Crippen molar-refractivity contribution in [2.75, 3.05) is 19.0 Å². The maximum Gasteiger partial charge on any atom is 0.358 e. The number of esters is 1. The van der Waals surface area contributed by atoms with Crippen molar-refractivity contribution in [2.24, 2.45) is 0 Å². The van der Waals surface area contributed by atoms with Crippen LogP contribution in [0.3, 0.4) is 0 Å². The fraction of sp³-hybridized carbons (Fsp3) is 0.174. The zero-order valence-corrected chi connectivity index (χ0v) is 17.3. The molecular formula is C23H21N3O5. The number of furan rings is 1. The van der Waals surface area contributed by atoms with Gasteiger partial charge >= 0.3 is 5.97 Å². The lowest BCUT2D eigenvalue weighted by Gasteiger charge is -2.07. The Bertz CT molecular complexity index is 1270. The molecule has 0 fully saturated rings. The lowest BCUT2D eigenvalue weighted by molar-refractivity contribution is 0.0519. The average molecular weight is 419 g/mol. The van der Waals surface area contributed by atoms with Gasteiger partial charge in [0.05, 0.1) is 19.4 Å². The van der Waals surface area contributed by atoms with Crippen molar-refractivity contribution in [3.05, 3.63) is 71.7 Å². The number of aromatic nitrogens is 2. The number of hydrogen-bond donors (Lipinski definition) is 1. The van der Waals surface area contributed by atoms with E-state index in [4.69, 9.17) is 13.9 Å². The average Bonchev–Trinajstić information content (AvgIpc) is 3.39. The molecule has 1 N–H and O–H groups in total. The van der Waals surface area contributed by atoms with Gasteiger partial charge in [-0.25, -0.2) is 9.48 Å². The van der Waals surface area contributed by atoms with E-state index < -0.39 is 5.97 Å². The standard InChI is InChI=1S/C23H21N3O5/c1-4-30-23(28)19-10-11-26(25-19)16-7-5-6-15(12-16)24-22(27)21-14(2)18-13-17(29-3)8-9-20(18)31-21/h5-13H,4H2,1-3H3,(H,24,27). The number of benzene rings is 2. The van der Waals surface area contributed by atoms with Crippen LogP contribution >= 0.6 is 0 Å². The lowest BCUT2D eigenvalue weighted by Crippen LogP contribution is -2.12. The molecule has 0 bridgehead atoms. The van der Waals surface area contributed by atoms with Crippen LogP contribution in [0.5, 0.6) is 5.75 Å². The van der Waals surface area contributed by atoms with E-state index in [1.54, 1.807) is 61.3 Å². The van der Waals surface area contributed by atoms with Crippen molar-refractivity contribution in [1.29, 1.82) is 0 Å². The van der Waals surface area contributed by atoms with Crippen LogP contribution in [0.15, 0.2) is 59.1 Å². The third-order valence-electron chi connectivity index (χ3n) is 4.79. The number of ether oxygens (including phenoxy) is 2. The van der Waals surface area contributed by atoms with Crippen molar-refractivity contribution in [3.8, 4) is 11.4 Å². The van der Waals surface area contributed by atoms with E-state index in [2.05, 4.69) is 10.4 Å². The van der Waals surface area contributed by atoms with Crippen LogP contribution in [-0.4, -0.2) is 35.4 Å². The highest BCUT2D eigenvalue weighted by Gasteiger charge is 2.19. The number of anilines is 1. The molecule has 4 rings (SSSR count). The summed E-state index contributed by atoms with van der Waals surface area (Å²) in [6, 6.07) is 14.1. The van der Waals surface area contributed by atoms with Crippen molar-refractivity contribution in [2.45, 2.75) is 13.8 Å². The van der Waals surface area contributed by atoms with Gasteiger partial charge in [0.15, 0.2) is 11.5 Å². The van der Waals surface area contributed by atoms with Crippen LogP contribution in [0.1, 0.15) is 33.5 Å². The lowest BCUT2D eigenvalue weighted by atomic mass is 10.1. The fourth-order valence-corrected chi connectivity index (χ4v) is 3.24. The minimum atomic E-state index is -0.484. The molecule has 0 atom stereocenters. The maximum absolute atomic E-state index is 12.9. The number of carbonyl (C=O) groups excluding carboxylic acids is 2. The van der Waals surface area contributed by atoms with Crippen LogP contribution in [0.4, 0.5) is 5.69 Å². The molecule has 0 saturated carbocycles. The summed E-state index contributed by atoms with van der Waals surface area (Å²) in [5.41, 5.74) is 2.80. The normalized spacial score (nSPS) is 10.8. The minimum absolute atomic E-state index is 0.213. The number of aryl methyl sites for hydroxylation is 1. The number of nitrogens with zero attached hydrogens (tertiary/aromatic N) is 2. The number of carbonyl (C=O) groups is 2. The summed E-state index contributed by atoms with van der Waals surface area (Å²) in [5, 5.41) is 7.91. The molecular weight excluding hydrogens is 398 g/mol. The maximum atomic E-state index is 12.9. The zero-order chi connectivity index (χ0) is 22.0. The summed E-state index contributed by atoms with van der Waals surface area (Å²) < 4.78 is 17.5. The summed E-state index contributed by atoms with van der Waals surface area (Å²) in [7, 11) is 1.59. The Morgan fingerprint density at radius 1 is 1.16 bits per heavy atom. The van der Waals surface area contributed by atoms with Crippen molar-refractivity contribution in [3.63, 3.8) is 0 Å². The van der Waals surface area contributed by atoms with Gasteiger partial charge in [-0.15, -0.1) is 0 Å². The second kappa shape index (κ2) is 8.35. The van der Waals surface area contributed by atoms with Gasteiger partial charge in [0.2, 0.25) is 0 Å². The molecule has 0 saturated heterocycles. The Labute approximate surface area is 178 Å². The molecule has 2 aromatic carbocycles. The highest BCUT2D eigenvalue weighted by atomic mass is 16.5. The van der Waals surface area contributed by atoms with Crippen molar-refractivity contribution < 1.29 is 23.5 Å². The van der Waals surface area contributed by atoms with E-state index in [9.17, 15) is 9.59 Å². The Hall–Kier alpha value is -4.07. The molecule has 0 aliphatic carbocycles. The van der Waals surface area contributed by atoms with Crippen LogP contribution in [-0.2, 0) is 4.74 Å². The Balaban J connectivity index is 1.57. The number of rotatable bonds is 6. The van der Waals surface area contributed by atoms with Gasteiger partial charge in [-0.2, -0.15) is 5.10 Å². The Kier molecular flexibility index (Phi) is 5.44. The molecule has 8 nitrogen and oxygen atoms in total. The number of nitrogens with one attached hydrogen (secondary N) is 1. The first-order valence-electron chi connectivity index (χ1n) is 9.72. The molecule has 2 heterocycles. The van der Waals surface area contributed by atoms with Gasteiger partial charge in [0.25, 0.3) is 5.91 Å². The van der Waals surface area contributed by atoms with Gasteiger partial charge in [-0.3, -0.25) is 4.79 Å². The predicted octanol–water partition coefficient (Wildman–Crippen LogP) is 4.36.